The van der Waals surface area contributed by atoms with Crippen LogP contribution in [-0.2, 0) is 4.79 Å². The number of pyridine rings is 1. The van der Waals surface area contributed by atoms with Gasteiger partial charge < -0.3 is 10.1 Å². The average molecular weight is 475 g/mol. The summed E-state index contributed by atoms with van der Waals surface area (Å²) in [6.45, 7) is 4.43. The highest BCUT2D eigenvalue weighted by Crippen LogP contribution is 2.48. The van der Waals surface area contributed by atoms with E-state index in [1.807, 2.05) is 62.4 Å². The van der Waals surface area contributed by atoms with Gasteiger partial charge in [-0.25, -0.2) is 4.98 Å². The van der Waals surface area contributed by atoms with Crippen molar-refractivity contribution in [1.82, 2.24) is 25.6 Å². The Morgan fingerprint density at radius 1 is 1.18 bits per heavy atom. The highest BCUT2D eigenvalue weighted by molar-refractivity contribution is 6.30. The zero-order chi connectivity index (χ0) is 23.7. The molecule has 0 bridgehead atoms. The molecule has 4 aromatic rings. The summed E-state index contributed by atoms with van der Waals surface area (Å²) in [5.74, 6) is 1.14. The highest BCUT2D eigenvalue weighted by Gasteiger charge is 2.44. The first kappa shape index (κ1) is 22.0. The maximum absolute atomic E-state index is 13.0. The number of amides is 1. The molecule has 1 aliphatic carbocycles. The molecule has 2 aromatic carbocycles. The maximum atomic E-state index is 13.0. The molecule has 1 saturated carbocycles. The van der Waals surface area contributed by atoms with Crippen molar-refractivity contribution in [2.45, 2.75) is 26.2 Å². The monoisotopic (exact) mass is 474 g/mol. The Kier molecular flexibility index (Phi) is 5.98. The van der Waals surface area contributed by atoms with Crippen LogP contribution in [0.1, 0.15) is 30.4 Å². The number of nitrogens with zero attached hydrogens (tertiary/aromatic N) is 4. The molecule has 0 saturated heterocycles. The second kappa shape index (κ2) is 9.23. The predicted octanol–water partition coefficient (Wildman–Crippen LogP) is 5.03. The molecule has 2 aromatic heterocycles. The van der Waals surface area contributed by atoms with Crippen molar-refractivity contribution in [2.75, 3.05) is 11.9 Å². The van der Waals surface area contributed by atoms with Gasteiger partial charge >= 0.3 is 0 Å². The molecule has 1 aliphatic rings. The van der Waals surface area contributed by atoms with Gasteiger partial charge in [0.1, 0.15) is 0 Å². The Labute approximate surface area is 201 Å². The van der Waals surface area contributed by atoms with Crippen molar-refractivity contribution in [3.8, 4) is 28.4 Å². The van der Waals surface area contributed by atoms with Crippen LogP contribution in [-0.4, -0.2) is 38.1 Å². The molecule has 0 aliphatic heterocycles. The highest BCUT2D eigenvalue weighted by atomic mass is 35.5. The quantitative estimate of drug-likeness (QED) is 0.389. The lowest BCUT2D eigenvalue weighted by atomic mass is 9.96. The first-order valence-corrected chi connectivity index (χ1v) is 11.4. The van der Waals surface area contributed by atoms with Crippen molar-refractivity contribution in [3.05, 3.63) is 70.9 Å². The number of tetrazole rings is 1. The molecule has 2 atom stereocenters. The van der Waals surface area contributed by atoms with E-state index in [0.29, 0.717) is 29.0 Å². The number of carbonyl (C=O) groups excluding carboxylic acids is 1. The minimum Gasteiger partial charge on any atom is -0.478 e. The number of hydrogen-bond acceptors (Lipinski definition) is 6. The molecular formula is C25H23ClN6O2. The molecule has 5 rings (SSSR count). The number of rotatable bonds is 7. The van der Waals surface area contributed by atoms with Gasteiger partial charge in [-0.3, -0.25) is 4.79 Å². The molecule has 0 spiro atoms. The third kappa shape index (κ3) is 4.49. The van der Waals surface area contributed by atoms with Crippen LogP contribution in [0.5, 0.6) is 5.88 Å². The molecule has 2 heterocycles. The minimum absolute atomic E-state index is 0.00223. The fraction of sp³-hybridized carbons (Fsp3) is 0.240. The number of ether oxygens (including phenoxy) is 1. The lowest BCUT2D eigenvalue weighted by Gasteiger charge is -2.14. The van der Waals surface area contributed by atoms with E-state index in [0.717, 1.165) is 34.2 Å². The maximum Gasteiger partial charge on any atom is 0.228 e. The van der Waals surface area contributed by atoms with Gasteiger partial charge in [-0.05, 0) is 78.4 Å². The van der Waals surface area contributed by atoms with Gasteiger partial charge in [-0.2, -0.15) is 5.21 Å². The number of anilines is 1. The van der Waals surface area contributed by atoms with Gasteiger partial charge in [0.2, 0.25) is 17.6 Å². The van der Waals surface area contributed by atoms with Crippen LogP contribution in [0.3, 0.4) is 0 Å². The molecular weight excluding hydrogens is 452 g/mol. The molecule has 8 nitrogen and oxygen atoms in total. The number of aromatic amines is 1. The second-order valence-electron chi connectivity index (χ2n) is 8.26. The lowest BCUT2D eigenvalue weighted by Crippen LogP contribution is -2.15. The van der Waals surface area contributed by atoms with Crippen LogP contribution < -0.4 is 10.1 Å². The van der Waals surface area contributed by atoms with E-state index < -0.39 is 0 Å². The predicted molar refractivity (Wildman–Crippen MR) is 130 cm³/mol. The SMILES string of the molecule is CCOc1ccc(-c2cc(C)c(NC(=O)[C@@H]3C[C@H]3c3ccc(Cl)cc3)cc2-c2nn[nH]n2)cn1. The zero-order valence-electron chi connectivity index (χ0n) is 18.7. The zero-order valence-corrected chi connectivity index (χ0v) is 19.5. The molecule has 1 amide bonds. The normalized spacial score (nSPS) is 16.8. The number of halogens is 1. The number of carbonyl (C=O) groups is 1. The molecule has 0 unspecified atom stereocenters. The smallest absolute Gasteiger partial charge is 0.228 e. The van der Waals surface area contributed by atoms with Crippen molar-refractivity contribution in [3.63, 3.8) is 0 Å². The minimum atomic E-state index is -0.0656. The van der Waals surface area contributed by atoms with E-state index in [1.165, 1.54) is 0 Å². The van der Waals surface area contributed by atoms with Gasteiger partial charge in [-0.15, -0.1) is 10.2 Å². The van der Waals surface area contributed by atoms with Crippen molar-refractivity contribution >= 4 is 23.2 Å². The van der Waals surface area contributed by atoms with Crippen LogP contribution in [0.4, 0.5) is 5.69 Å². The van der Waals surface area contributed by atoms with Crippen LogP contribution in [0, 0.1) is 12.8 Å². The summed E-state index contributed by atoms with van der Waals surface area (Å²) in [6.07, 6.45) is 2.57. The Balaban J connectivity index is 1.42. The number of aryl methyl sites for hydroxylation is 1. The Hall–Kier alpha value is -3.78. The fourth-order valence-electron chi connectivity index (χ4n) is 4.10. The molecule has 9 heteroatoms. The van der Waals surface area contributed by atoms with E-state index in [4.69, 9.17) is 16.3 Å². The summed E-state index contributed by atoms with van der Waals surface area (Å²) < 4.78 is 5.46. The van der Waals surface area contributed by atoms with Gasteiger partial charge in [-0.1, -0.05) is 23.7 Å². The number of benzene rings is 2. The number of aromatic nitrogens is 5. The number of hydrogen-bond donors (Lipinski definition) is 2. The Morgan fingerprint density at radius 2 is 2.00 bits per heavy atom. The Bertz CT molecular complexity index is 1310. The van der Waals surface area contributed by atoms with E-state index in [1.54, 1.807) is 6.20 Å². The van der Waals surface area contributed by atoms with Crippen molar-refractivity contribution in [2.24, 2.45) is 5.92 Å². The molecule has 2 N–H and O–H groups in total. The van der Waals surface area contributed by atoms with E-state index in [2.05, 4.69) is 30.9 Å². The molecule has 172 valence electrons. The van der Waals surface area contributed by atoms with Crippen molar-refractivity contribution < 1.29 is 9.53 Å². The molecule has 34 heavy (non-hydrogen) atoms. The molecule has 1 fully saturated rings. The average Bonchev–Trinajstić information content (AvgIpc) is 3.46. The largest absolute Gasteiger partial charge is 0.478 e. The summed E-state index contributed by atoms with van der Waals surface area (Å²) in [5, 5.41) is 18.3. The van der Waals surface area contributed by atoms with Crippen LogP contribution >= 0.6 is 11.6 Å². The fourth-order valence-corrected chi connectivity index (χ4v) is 4.23. The summed E-state index contributed by atoms with van der Waals surface area (Å²) >= 11 is 5.99. The van der Waals surface area contributed by atoms with E-state index >= 15 is 0 Å². The summed E-state index contributed by atoms with van der Waals surface area (Å²) in [5.41, 5.74) is 5.28. The standard InChI is InChI=1S/C25H23ClN6O2/c1-3-34-23-9-6-16(13-27-23)18-10-14(2)22(12-20(18)24-29-31-32-30-24)28-25(33)21-11-19(21)15-4-7-17(26)8-5-15/h4-10,12-13,19,21H,3,11H2,1-2H3,(H,28,33)(H,29,30,31,32)/t19-,21+/m0/s1. The molecule has 0 radical (unpaired) electrons. The summed E-state index contributed by atoms with van der Waals surface area (Å²) in [6, 6.07) is 15.4. The summed E-state index contributed by atoms with van der Waals surface area (Å²) in [4.78, 5) is 17.4. The Morgan fingerprint density at radius 3 is 2.68 bits per heavy atom. The third-order valence-electron chi connectivity index (χ3n) is 5.97. The van der Waals surface area contributed by atoms with Gasteiger partial charge in [0.05, 0.1) is 6.61 Å². The summed E-state index contributed by atoms with van der Waals surface area (Å²) in [7, 11) is 0. The number of H-pyrrole nitrogens is 1. The van der Waals surface area contributed by atoms with Crippen LogP contribution in [0.25, 0.3) is 22.5 Å². The first-order valence-electron chi connectivity index (χ1n) is 11.1. The van der Waals surface area contributed by atoms with Crippen molar-refractivity contribution in [1.29, 1.82) is 0 Å². The van der Waals surface area contributed by atoms with Gasteiger partial charge in [0.25, 0.3) is 0 Å². The van der Waals surface area contributed by atoms with Gasteiger partial charge in [0, 0.05) is 40.0 Å². The van der Waals surface area contributed by atoms with Gasteiger partial charge in [0.15, 0.2) is 0 Å². The number of nitrogens with one attached hydrogen (secondary N) is 2. The van der Waals surface area contributed by atoms with Crippen LogP contribution in [0.15, 0.2) is 54.7 Å². The topological polar surface area (TPSA) is 106 Å². The van der Waals surface area contributed by atoms with Crippen LogP contribution in [0.2, 0.25) is 5.02 Å². The third-order valence-corrected chi connectivity index (χ3v) is 6.23. The van der Waals surface area contributed by atoms with E-state index in [9.17, 15) is 4.79 Å². The van der Waals surface area contributed by atoms with E-state index in [-0.39, 0.29) is 17.7 Å². The lowest BCUT2D eigenvalue weighted by molar-refractivity contribution is -0.117. The second-order valence-corrected chi connectivity index (χ2v) is 8.69. The first-order chi connectivity index (χ1) is 16.5.